The third-order valence-electron chi connectivity index (χ3n) is 2.23. The molecule has 0 saturated carbocycles. The van der Waals surface area contributed by atoms with Gasteiger partial charge in [-0.2, -0.15) is 0 Å². The SMILES string of the molecule is CC(C)Oc1ccc(C(=O)O)cc1C(=O)N(C)C. The van der Waals surface area contributed by atoms with Gasteiger partial charge in [-0.1, -0.05) is 0 Å². The number of hydrogen-bond acceptors (Lipinski definition) is 3. The molecule has 1 aromatic carbocycles. The molecule has 0 unspecified atom stereocenters. The molecule has 0 radical (unpaired) electrons. The van der Waals surface area contributed by atoms with E-state index in [9.17, 15) is 9.59 Å². The van der Waals surface area contributed by atoms with E-state index in [2.05, 4.69) is 0 Å². The van der Waals surface area contributed by atoms with Crippen molar-refractivity contribution in [3.63, 3.8) is 0 Å². The van der Waals surface area contributed by atoms with E-state index in [0.29, 0.717) is 5.75 Å². The topological polar surface area (TPSA) is 66.8 Å². The maximum atomic E-state index is 12.0. The number of amides is 1. The molecule has 0 atom stereocenters. The fraction of sp³-hybridized carbons (Fsp3) is 0.385. The van der Waals surface area contributed by atoms with E-state index in [-0.39, 0.29) is 23.1 Å². The number of carbonyl (C=O) groups is 2. The van der Waals surface area contributed by atoms with Gasteiger partial charge in [0.05, 0.1) is 17.2 Å². The van der Waals surface area contributed by atoms with Gasteiger partial charge >= 0.3 is 5.97 Å². The highest BCUT2D eigenvalue weighted by molar-refractivity contribution is 5.99. The standard InChI is InChI=1S/C13H17NO4/c1-8(2)18-11-6-5-9(13(16)17)7-10(11)12(15)14(3)4/h5-8H,1-4H3,(H,16,17). The molecule has 0 heterocycles. The molecule has 0 aromatic heterocycles. The Labute approximate surface area is 106 Å². The summed E-state index contributed by atoms with van der Waals surface area (Å²) in [5, 5.41) is 8.94. The molecule has 1 aromatic rings. The van der Waals surface area contributed by atoms with Gasteiger partial charge in [0.1, 0.15) is 5.75 Å². The minimum atomic E-state index is -1.07. The number of carboxylic acids is 1. The van der Waals surface area contributed by atoms with Crippen LogP contribution in [0.2, 0.25) is 0 Å². The smallest absolute Gasteiger partial charge is 0.335 e. The second kappa shape index (κ2) is 5.53. The third kappa shape index (κ3) is 3.23. The van der Waals surface area contributed by atoms with E-state index in [1.807, 2.05) is 13.8 Å². The van der Waals surface area contributed by atoms with E-state index < -0.39 is 5.97 Å². The zero-order valence-electron chi connectivity index (χ0n) is 10.9. The lowest BCUT2D eigenvalue weighted by Crippen LogP contribution is -2.23. The first-order valence-corrected chi connectivity index (χ1v) is 5.58. The highest BCUT2D eigenvalue weighted by Gasteiger charge is 2.18. The predicted octanol–water partition coefficient (Wildman–Crippen LogP) is 1.87. The minimum absolute atomic E-state index is 0.0660. The molecule has 1 N–H and O–H groups in total. The summed E-state index contributed by atoms with van der Waals surface area (Å²) < 4.78 is 5.51. The lowest BCUT2D eigenvalue weighted by atomic mass is 10.1. The Morgan fingerprint density at radius 2 is 1.89 bits per heavy atom. The summed E-state index contributed by atoms with van der Waals surface area (Å²) in [6.07, 6.45) is -0.0885. The van der Waals surface area contributed by atoms with Crippen molar-refractivity contribution in [2.75, 3.05) is 14.1 Å². The number of hydrogen-bond donors (Lipinski definition) is 1. The van der Waals surface area contributed by atoms with Crippen LogP contribution in [-0.4, -0.2) is 42.1 Å². The molecule has 18 heavy (non-hydrogen) atoms. The fourth-order valence-corrected chi connectivity index (χ4v) is 1.43. The molecule has 0 aliphatic heterocycles. The maximum absolute atomic E-state index is 12.0. The summed E-state index contributed by atoms with van der Waals surface area (Å²) in [6.45, 7) is 3.68. The van der Waals surface area contributed by atoms with Gasteiger partial charge in [-0.15, -0.1) is 0 Å². The van der Waals surface area contributed by atoms with Crippen molar-refractivity contribution in [1.29, 1.82) is 0 Å². The van der Waals surface area contributed by atoms with Crippen LogP contribution in [-0.2, 0) is 0 Å². The van der Waals surface area contributed by atoms with Gasteiger partial charge in [0.15, 0.2) is 0 Å². The Bertz CT molecular complexity index is 466. The summed E-state index contributed by atoms with van der Waals surface area (Å²) in [6, 6.07) is 4.27. The van der Waals surface area contributed by atoms with Crippen LogP contribution in [0.3, 0.4) is 0 Å². The molecule has 0 spiro atoms. The number of carboxylic acid groups (broad SMARTS) is 1. The molecular formula is C13H17NO4. The van der Waals surface area contributed by atoms with Crippen LogP contribution in [0.5, 0.6) is 5.75 Å². The Hall–Kier alpha value is -2.04. The van der Waals surface area contributed by atoms with Gasteiger partial charge in [0, 0.05) is 14.1 Å². The van der Waals surface area contributed by atoms with Crippen molar-refractivity contribution in [2.24, 2.45) is 0 Å². The Morgan fingerprint density at radius 1 is 1.28 bits per heavy atom. The van der Waals surface area contributed by atoms with Crippen LogP contribution in [0.15, 0.2) is 18.2 Å². The molecule has 0 aliphatic carbocycles. The highest BCUT2D eigenvalue weighted by Crippen LogP contribution is 2.22. The minimum Gasteiger partial charge on any atom is -0.490 e. The lowest BCUT2D eigenvalue weighted by Gasteiger charge is -2.17. The van der Waals surface area contributed by atoms with Crippen molar-refractivity contribution in [2.45, 2.75) is 20.0 Å². The normalized spacial score (nSPS) is 10.3. The molecule has 0 aliphatic rings. The summed E-state index contributed by atoms with van der Waals surface area (Å²) >= 11 is 0. The lowest BCUT2D eigenvalue weighted by molar-refractivity contribution is 0.0697. The van der Waals surface area contributed by atoms with E-state index >= 15 is 0 Å². The molecule has 0 fully saturated rings. The Kier molecular flexibility index (Phi) is 4.31. The first kappa shape index (κ1) is 14.0. The zero-order chi connectivity index (χ0) is 13.9. The summed E-state index contributed by atoms with van der Waals surface area (Å²) in [7, 11) is 3.21. The number of aromatic carboxylic acids is 1. The molecular weight excluding hydrogens is 234 g/mol. The number of carbonyl (C=O) groups excluding carboxylic acids is 1. The van der Waals surface area contributed by atoms with Crippen LogP contribution in [0.25, 0.3) is 0 Å². The molecule has 5 nitrogen and oxygen atoms in total. The highest BCUT2D eigenvalue weighted by atomic mass is 16.5. The largest absolute Gasteiger partial charge is 0.490 e. The van der Waals surface area contributed by atoms with Gasteiger partial charge in [0.2, 0.25) is 0 Å². The third-order valence-corrected chi connectivity index (χ3v) is 2.23. The molecule has 0 bridgehead atoms. The summed E-state index contributed by atoms with van der Waals surface area (Å²) in [4.78, 5) is 24.3. The molecule has 0 saturated heterocycles. The molecule has 5 heteroatoms. The first-order chi connectivity index (χ1) is 8.32. The number of ether oxygens (including phenoxy) is 1. The second-order valence-electron chi connectivity index (χ2n) is 4.38. The van der Waals surface area contributed by atoms with E-state index in [0.717, 1.165) is 0 Å². The van der Waals surface area contributed by atoms with Crippen LogP contribution in [0.4, 0.5) is 0 Å². The van der Waals surface area contributed by atoms with Crippen molar-refractivity contribution < 1.29 is 19.4 Å². The zero-order valence-corrected chi connectivity index (χ0v) is 10.9. The van der Waals surface area contributed by atoms with Crippen molar-refractivity contribution in [1.82, 2.24) is 4.90 Å². The van der Waals surface area contributed by atoms with E-state index in [1.165, 1.54) is 23.1 Å². The average Bonchev–Trinajstić information content (AvgIpc) is 2.27. The van der Waals surface area contributed by atoms with Crippen LogP contribution < -0.4 is 4.74 Å². The summed E-state index contributed by atoms with van der Waals surface area (Å²) in [5.74, 6) is -0.957. The van der Waals surface area contributed by atoms with Crippen molar-refractivity contribution in [3.05, 3.63) is 29.3 Å². The van der Waals surface area contributed by atoms with Crippen LogP contribution in [0.1, 0.15) is 34.6 Å². The monoisotopic (exact) mass is 251 g/mol. The first-order valence-electron chi connectivity index (χ1n) is 5.58. The maximum Gasteiger partial charge on any atom is 0.335 e. The van der Waals surface area contributed by atoms with Crippen LogP contribution >= 0.6 is 0 Å². The summed E-state index contributed by atoms with van der Waals surface area (Å²) in [5.41, 5.74) is 0.324. The quantitative estimate of drug-likeness (QED) is 0.887. The van der Waals surface area contributed by atoms with Gasteiger partial charge in [-0.05, 0) is 32.0 Å². The van der Waals surface area contributed by atoms with Crippen molar-refractivity contribution in [3.8, 4) is 5.75 Å². The molecule has 98 valence electrons. The average molecular weight is 251 g/mol. The van der Waals surface area contributed by atoms with E-state index in [4.69, 9.17) is 9.84 Å². The Balaban J connectivity index is 3.26. The molecule has 1 rings (SSSR count). The number of nitrogens with zero attached hydrogens (tertiary/aromatic N) is 1. The molecule has 1 amide bonds. The number of benzene rings is 1. The van der Waals surface area contributed by atoms with Gasteiger partial charge in [-0.25, -0.2) is 4.79 Å². The number of rotatable bonds is 4. The predicted molar refractivity (Wildman–Crippen MR) is 67.2 cm³/mol. The van der Waals surface area contributed by atoms with E-state index in [1.54, 1.807) is 14.1 Å². The van der Waals surface area contributed by atoms with Gasteiger partial charge in [-0.3, -0.25) is 4.79 Å². The van der Waals surface area contributed by atoms with Crippen molar-refractivity contribution >= 4 is 11.9 Å². The fourth-order valence-electron chi connectivity index (χ4n) is 1.43. The van der Waals surface area contributed by atoms with Gasteiger partial charge < -0.3 is 14.7 Å². The van der Waals surface area contributed by atoms with Gasteiger partial charge in [0.25, 0.3) is 5.91 Å². The Morgan fingerprint density at radius 3 is 2.33 bits per heavy atom. The second-order valence-corrected chi connectivity index (χ2v) is 4.38. The van der Waals surface area contributed by atoms with Crippen LogP contribution in [0, 0.1) is 0 Å².